The predicted octanol–water partition coefficient (Wildman–Crippen LogP) is 4.65. The number of rotatable bonds is 6. The average molecular weight is 416 g/mol. The molecule has 144 valence electrons. The van der Waals surface area contributed by atoms with Crippen molar-refractivity contribution in [1.29, 1.82) is 0 Å². The van der Waals surface area contributed by atoms with Crippen LogP contribution in [-0.4, -0.2) is 14.3 Å². The highest BCUT2D eigenvalue weighted by Gasteiger charge is 2.14. The van der Waals surface area contributed by atoms with Gasteiger partial charge in [-0.2, -0.15) is 0 Å². The lowest BCUT2D eigenvalue weighted by molar-refractivity contribution is -0.111. The lowest BCUT2D eigenvalue weighted by Crippen LogP contribution is -2.13. The van der Waals surface area contributed by atoms with Gasteiger partial charge in [0, 0.05) is 21.5 Å². The summed E-state index contributed by atoms with van der Waals surface area (Å²) in [6, 6.07) is 14.8. The monoisotopic (exact) mass is 416 g/mol. The van der Waals surface area contributed by atoms with Crippen molar-refractivity contribution >= 4 is 44.7 Å². The second kappa shape index (κ2) is 8.37. The maximum absolute atomic E-state index is 13.2. The van der Waals surface area contributed by atoms with E-state index >= 15 is 0 Å². The van der Waals surface area contributed by atoms with Crippen LogP contribution in [0.2, 0.25) is 0 Å². The van der Waals surface area contributed by atoms with E-state index in [0.29, 0.717) is 5.69 Å². The predicted molar refractivity (Wildman–Crippen MR) is 110 cm³/mol. The van der Waals surface area contributed by atoms with Gasteiger partial charge >= 0.3 is 0 Å². The third-order valence-electron chi connectivity index (χ3n) is 3.67. The molecule has 0 fully saturated rings. The molecule has 3 aromatic rings. The molecule has 1 amide bonds. The summed E-state index contributed by atoms with van der Waals surface area (Å²) in [7, 11) is -3.86. The van der Waals surface area contributed by atoms with Gasteiger partial charge < -0.3 is 5.32 Å². The quantitative estimate of drug-likeness (QED) is 0.575. The maximum atomic E-state index is 13.2. The van der Waals surface area contributed by atoms with Crippen LogP contribution in [0.4, 0.5) is 15.8 Å². The Morgan fingerprint density at radius 3 is 2.43 bits per heavy atom. The van der Waals surface area contributed by atoms with Crippen LogP contribution >= 0.6 is 11.3 Å². The molecule has 0 atom stereocenters. The Morgan fingerprint density at radius 1 is 1.04 bits per heavy atom. The van der Waals surface area contributed by atoms with E-state index < -0.39 is 15.8 Å². The summed E-state index contributed by atoms with van der Waals surface area (Å²) in [6.07, 6.45) is 3.14. The number of carbonyl (C=O) groups excluding carboxylic acids is 1. The minimum atomic E-state index is -3.86. The largest absolute Gasteiger partial charge is 0.323 e. The lowest BCUT2D eigenvalue weighted by Gasteiger charge is -2.09. The van der Waals surface area contributed by atoms with Crippen LogP contribution in [-0.2, 0) is 14.8 Å². The van der Waals surface area contributed by atoms with Gasteiger partial charge in [0.2, 0.25) is 5.91 Å². The molecule has 28 heavy (non-hydrogen) atoms. The highest BCUT2D eigenvalue weighted by Crippen LogP contribution is 2.19. The number of hydrogen-bond acceptors (Lipinski definition) is 4. The topological polar surface area (TPSA) is 75.3 Å². The van der Waals surface area contributed by atoms with Crippen LogP contribution in [0, 0.1) is 12.7 Å². The highest BCUT2D eigenvalue weighted by molar-refractivity contribution is 7.92. The van der Waals surface area contributed by atoms with E-state index in [1.54, 1.807) is 17.4 Å². The number of aryl methyl sites for hydroxylation is 1. The molecule has 0 bridgehead atoms. The SMILES string of the molecule is Cc1ccc(C=CC(=O)Nc2ccc(S(=O)(=O)Nc3cccc(F)c3)cc2)s1. The van der Waals surface area contributed by atoms with Crippen molar-refractivity contribution in [2.24, 2.45) is 0 Å². The van der Waals surface area contributed by atoms with E-state index in [9.17, 15) is 17.6 Å². The van der Waals surface area contributed by atoms with E-state index in [1.807, 2.05) is 19.1 Å². The van der Waals surface area contributed by atoms with Crippen LogP contribution in [0.5, 0.6) is 0 Å². The lowest BCUT2D eigenvalue weighted by atomic mass is 10.3. The van der Waals surface area contributed by atoms with Crippen molar-refractivity contribution in [3.05, 3.63) is 82.3 Å². The minimum Gasteiger partial charge on any atom is -0.323 e. The Bertz CT molecular complexity index is 1120. The summed E-state index contributed by atoms with van der Waals surface area (Å²) in [5.74, 6) is -0.858. The molecule has 0 saturated heterocycles. The van der Waals surface area contributed by atoms with E-state index in [2.05, 4.69) is 10.0 Å². The van der Waals surface area contributed by atoms with Crippen molar-refractivity contribution in [3.8, 4) is 0 Å². The van der Waals surface area contributed by atoms with Gasteiger partial charge in [0.1, 0.15) is 5.82 Å². The van der Waals surface area contributed by atoms with E-state index in [-0.39, 0.29) is 16.5 Å². The molecule has 0 radical (unpaired) electrons. The van der Waals surface area contributed by atoms with Crippen molar-refractivity contribution in [2.75, 3.05) is 10.0 Å². The second-order valence-corrected chi connectivity index (χ2v) is 8.91. The Morgan fingerprint density at radius 2 is 1.79 bits per heavy atom. The summed E-state index contributed by atoms with van der Waals surface area (Å²) >= 11 is 1.58. The second-order valence-electron chi connectivity index (χ2n) is 5.91. The summed E-state index contributed by atoms with van der Waals surface area (Å²) in [5.41, 5.74) is 0.591. The van der Waals surface area contributed by atoms with Crippen molar-refractivity contribution in [3.63, 3.8) is 0 Å². The number of carbonyl (C=O) groups is 1. The van der Waals surface area contributed by atoms with Crippen molar-refractivity contribution < 1.29 is 17.6 Å². The minimum absolute atomic E-state index is 0.000590. The zero-order valence-corrected chi connectivity index (χ0v) is 16.5. The Labute approximate surface area is 166 Å². The van der Waals surface area contributed by atoms with Gasteiger partial charge in [-0.1, -0.05) is 6.07 Å². The summed E-state index contributed by atoms with van der Waals surface area (Å²) in [6.45, 7) is 1.99. The first kappa shape index (κ1) is 19.8. The summed E-state index contributed by atoms with van der Waals surface area (Å²) in [4.78, 5) is 14.1. The third kappa shape index (κ3) is 5.28. The molecule has 0 aliphatic rings. The highest BCUT2D eigenvalue weighted by atomic mass is 32.2. The molecule has 2 N–H and O–H groups in total. The number of halogens is 1. The number of amides is 1. The summed E-state index contributed by atoms with van der Waals surface area (Å²) in [5, 5.41) is 2.67. The fourth-order valence-corrected chi connectivity index (χ4v) is 4.20. The number of nitrogens with one attached hydrogen (secondary N) is 2. The molecule has 0 spiro atoms. The molecule has 0 unspecified atom stereocenters. The van der Waals surface area contributed by atoms with E-state index in [0.717, 1.165) is 15.8 Å². The van der Waals surface area contributed by atoms with E-state index in [4.69, 9.17) is 0 Å². The molecule has 3 rings (SSSR count). The smallest absolute Gasteiger partial charge is 0.261 e. The van der Waals surface area contributed by atoms with Crippen LogP contribution in [0.15, 0.2) is 71.6 Å². The number of thiophene rings is 1. The zero-order chi connectivity index (χ0) is 20.1. The molecule has 0 aliphatic carbocycles. The fourth-order valence-electron chi connectivity index (χ4n) is 2.37. The first-order valence-corrected chi connectivity index (χ1v) is 10.6. The number of sulfonamides is 1. The zero-order valence-electron chi connectivity index (χ0n) is 14.8. The molecule has 0 saturated carbocycles. The number of hydrogen-bond donors (Lipinski definition) is 2. The molecule has 0 aliphatic heterocycles. The van der Waals surface area contributed by atoms with Crippen molar-refractivity contribution in [2.45, 2.75) is 11.8 Å². The van der Waals surface area contributed by atoms with E-state index in [1.165, 1.54) is 48.5 Å². The van der Waals surface area contributed by atoms with Gasteiger partial charge in [0.15, 0.2) is 0 Å². The van der Waals surface area contributed by atoms with Crippen LogP contribution in [0.3, 0.4) is 0 Å². The number of anilines is 2. The van der Waals surface area contributed by atoms with Gasteiger partial charge in [-0.25, -0.2) is 12.8 Å². The van der Waals surface area contributed by atoms with Crippen molar-refractivity contribution in [1.82, 2.24) is 0 Å². The standard InChI is InChI=1S/C20H17FN2O3S2/c1-14-5-8-18(27-14)9-12-20(24)22-16-6-10-19(11-7-16)28(25,26)23-17-4-2-3-15(21)13-17/h2-13,23H,1H3,(H,22,24). The molecule has 5 nitrogen and oxygen atoms in total. The van der Waals surface area contributed by atoms with Gasteiger partial charge in [0.25, 0.3) is 10.0 Å². The maximum Gasteiger partial charge on any atom is 0.261 e. The van der Waals surface area contributed by atoms with Crippen LogP contribution < -0.4 is 10.0 Å². The van der Waals surface area contributed by atoms with Gasteiger partial charge in [-0.05, 0) is 67.6 Å². The van der Waals surface area contributed by atoms with Crippen LogP contribution in [0.1, 0.15) is 9.75 Å². The number of benzene rings is 2. The summed E-state index contributed by atoms with van der Waals surface area (Å²) < 4.78 is 40.3. The molecule has 1 heterocycles. The fraction of sp³-hybridized carbons (Fsp3) is 0.0500. The first-order chi connectivity index (χ1) is 13.3. The molecule has 8 heteroatoms. The Hall–Kier alpha value is -2.97. The average Bonchev–Trinajstić information content (AvgIpc) is 3.05. The normalized spacial score (nSPS) is 11.5. The van der Waals surface area contributed by atoms with Gasteiger partial charge in [0.05, 0.1) is 10.6 Å². The third-order valence-corrected chi connectivity index (χ3v) is 6.03. The molecular formula is C20H17FN2O3S2. The Balaban J connectivity index is 1.65. The van der Waals surface area contributed by atoms with Gasteiger partial charge in [-0.15, -0.1) is 11.3 Å². The molecule has 2 aromatic carbocycles. The Kier molecular flexibility index (Phi) is 5.91. The van der Waals surface area contributed by atoms with Crippen LogP contribution in [0.25, 0.3) is 6.08 Å². The first-order valence-electron chi connectivity index (χ1n) is 8.26. The molecule has 1 aromatic heterocycles. The molecular weight excluding hydrogens is 399 g/mol. The van der Waals surface area contributed by atoms with Gasteiger partial charge in [-0.3, -0.25) is 9.52 Å².